The molecule has 3 rings (SSSR count). The van der Waals surface area contributed by atoms with Crippen LogP contribution >= 0.6 is 0 Å². The lowest BCUT2D eigenvalue weighted by Gasteiger charge is -2.02. The van der Waals surface area contributed by atoms with Gasteiger partial charge in [-0.3, -0.25) is 0 Å². The predicted molar refractivity (Wildman–Crippen MR) is 97.1 cm³/mol. The van der Waals surface area contributed by atoms with Crippen LogP contribution in [-0.4, -0.2) is 23.7 Å². The van der Waals surface area contributed by atoms with Gasteiger partial charge in [0.1, 0.15) is 17.3 Å². The molecule has 4 nitrogen and oxygen atoms in total. The Balaban J connectivity index is 1.70. The summed E-state index contributed by atoms with van der Waals surface area (Å²) in [5.41, 5.74) is 3.05. The zero-order valence-electron chi connectivity index (χ0n) is 13.8. The highest BCUT2D eigenvalue weighted by atomic mass is 16.5. The second-order valence-electron chi connectivity index (χ2n) is 5.23. The summed E-state index contributed by atoms with van der Waals surface area (Å²) >= 11 is 0. The van der Waals surface area contributed by atoms with Gasteiger partial charge in [-0.1, -0.05) is 18.2 Å². The number of ether oxygens (including phenoxy) is 2. The van der Waals surface area contributed by atoms with E-state index in [9.17, 15) is 0 Å². The number of H-pyrrole nitrogens is 1. The Morgan fingerprint density at radius 2 is 1.67 bits per heavy atom. The molecule has 1 N–H and O–H groups in total. The highest BCUT2D eigenvalue weighted by Gasteiger charge is 2.02. The summed E-state index contributed by atoms with van der Waals surface area (Å²) in [6, 6.07) is 15.8. The SMILES string of the molecule is CCOc1ccc(C=Cc2nc(-c3ccc(OC)cc3)c[nH]2)cc1. The maximum atomic E-state index is 5.44. The van der Waals surface area contributed by atoms with Gasteiger partial charge in [0.2, 0.25) is 0 Å². The van der Waals surface area contributed by atoms with Crippen molar-refractivity contribution in [1.29, 1.82) is 0 Å². The first kappa shape index (κ1) is 15.9. The summed E-state index contributed by atoms with van der Waals surface area (Å²) < 4.78 is 10.6. The topological polar surface area (TPSA) is 47.1 Å². The summed E-state index contributed by atoms with van der Waals surface area (Å²) in [5.74, 6) is 2.54. The molecule has 0 saturated carbocycles. The molecule has 3 aromatic rings. The van der Waals surface area contributed by atoms with Gasteiger partial charge in [0.25, 0.3) is 0 Å². The third-order valence-corrected chi connectivity index (χ3v) is 3.61. The van der Waals surface area contributed by atoms with Crippen LogP contribution in [0, 0.1) is 0 Å². The lowest BCUT2D eigenvalue weighted by atomic mass is 10.2. The first-order chi connectivity index (χ1) is 11.8. The van der Waals surface area contributed by atoms with Gasteiger partial charge in [-0.15, -0.1) is 0 Å². The summed E-state index contributed by atoms with van der Waals surface area (Å²) in [4.78, 5) is 7.77. The van der Waals surface area contributed by atoms with E-state index in [0.717, 1.165) is 34.1 Å². The van der Waals surface area contributed by atoms with Crippen molar-refractivity contribution in [2.24, 2.45) is 0 Å². The van der Waals surface area contributed by atoms with Crippen LogP contribution < -0.4 is 9.47 Å². The molecule has 0 aliphatic carbocycles. The second-order valence-corrected chi connectivity index (χ2v) is 5.23. The molecule has 0 bridgehead atoms. The Hall–Kier alpha value is -3.01. The van der Waals surface area contributed by atoms with Gasteiger partial charge in [-0.2, -0.15) is 0 Å². The molecule has 0 unspecified atom stereocenters. The fourth-order valence-corrected chi connectivity index (χ4v) is 2.35. The van der Waals surface area contributed by atoms with Crippen molar-refractivity contribution >= 4 is 12.2 Å². The first-order valence-electron chi connectivity index (χ1n) is 7.89. The van der Waals surface area contributed by atoms with Crippen molar-refractivity contribution in [2.75, 3.05) is 13.7 Å². The molecule has 0 fully saturated rings. The van der Waals surface area contributed by atoms with Crippen molar-refractivity contribution in [2.45, 2.75) is 6.92 Å². The molecule has 0 aliphatic heterocycles. The van der Waals surface area contributed by atoms with E-state index in [2.05, 4.69) is 9.97 Å². The number of benzene rings is 2. The van der Waals surface area contributed by atoms with Crippen LogP contribution in [0.5, 0.6) is 11.5 Å². The fourth-order valence-electron chi connectivity index (χ4n) is 2.35. The molecule has 0 radical (unpaired) electrons. The number of rotatable bonds is 6. The monoisotopic (exact) mass is 320 g/mol. The van der Waals surface area contributed by atoms with Gasteiger partial charge in [0.15, 0.2) is 0 Å². The van der Waals surface area contributed by atoms with E-state index < -0.39 is 0 Å². The van der Waals surface area contributed by atoms with Gasteiger partial charge >= 0.3 is 0 Å². The molecular formula is C20H20N2O2. The first-order valence-corrected chi connectivity index (χ1v) is 7.89. The third-order valence-electron chi connectivity index (χ3n) is 3.61. The van der Waals surface area contributed by atoms with Crippen molar-refractivity contribution in [3.05, 3.63) is 66.1 Å². The van der Waals surface area contributed by atoms with E-state index in [1.165, 1.54) is 0 Å². The highest BCUT2D eigenvalue weighted by Crippen LogP contribution is 2.21. The molecule has 0 aliphatic rings. The number of imidazole rings is 1. The van der Waals surface area contributed by atoms with Crippen molar-refractivity contribution in [3.63, 3.8) is 0 Å². The fraction of sp³-hybridized carbons (Fsp3) is 0.150. The van der Waals surface area contributed by atoms with Crippen molar-refractivity contribution < 1.29 is 9.47 Å². The van der Waals surface area contributed by atoms with Crippen LogP contribution in [0.15, 0.2) is 54.7 Å². The lowest BCUT2D eigenvalue weighted by Crippen LogP contribution is -1.90. The van der Waals surface area contributed by atoms with E-state index in [0.29, 0.717) is 6.61 Å². The quantitative estimate of drug-likeness (QED) is 0.719. The van der Waals surface area contributed by atoms with Crippen LogP contribution in [0.4, 0.5) is 0 Å². The van der Waals surface area contributed by atoms with Crippen molar-refractivity contribution in [3.8, 4) is 22.8 Å². The van der Waals surface area contributed by atoms with Gasteiger partial charge in [0, 0.05) is 11.8 Å². The minimum Gasteiger partial charge on any atom is -0.497 e. The minimum absolute atomic E-state index is 0.676. The van der Waals surface area contributed by atoms with Gasteiger partial charge in [-0.25, -0.2) is 4.98 Å². The van der Waals surface area contributed by atoms with Crippen LogP contribution in [-0.2, 0) is 0 Å². The molecule has 0 saturated heterocycles. The molecule has 24 heavy (non-hydrogen) atoms. The maximum Gasteiger partial charge on any atom is 0.130 e. The van der Waals surface area contributed by atoms with E-state index in [1.54, 1.807) is 7.11 Å². The molecule has 0 amide bonds. The Morgan fingerprint density at radius 1 is 0.958 bits per heavy atom. The Kier molecular flexibility index (Phi) is 4.96. The smallest absolute Gasteiger partial charge is 0.130 e. The van der Waals surface area contributed by atoms with Crippen LogP contribution in [0.3, 0.4) is 0 Å². The predicted octanol–water partition coefficient (Wildman–Crippen LogP) is 4.65. The molecule has 1 heterocycles. The average molecular weight is 320 g/mol. The molecule has 2 aromatic carbocycles. The largest absolute Gasteiger partial charge is 0.497 e. The van der Waals surface area contributed by atoms with Gasteiger partial charge < -0.3 is 14.5 Å². The lowest BCUT2D eigenvalue weighted by molar-refractivity contribution is 0.340. The number of nitrogens with one attached hydrogen (secondary N) is 1. The number of aromatic amines is 1. The van der Waals surface area contributed by atoms with E-state index in [-0.39, 0.29) is 0 Å². The summed E-state index contributed by atoms with van der Waals surface area (Å²) in [5, 5.41) is 0. The van der Waals surface area contributed by atoms with Gasteiger partial charge in [-0.05, 0) is 55.0 Å². The van der Waals surface area contributed by atoms with Crippen LogP contribution in [0.2, 0.25) is 0 Å². The molecule has 1 aromatic heterocycles. The average Bonchev–Trinajstić information content (AvgIpc) is 3.10. The summed E-state index contributed by atoms with van der Waals surface area (Å²) in [6.45, 7) is 2.65. The Morgan fingerprint density at radius 3 is 2.33 bits per heavy atom. The number of aromatic nitrogens is 2. The number of methoxy groups -OCH3 is 1. The Labute approximate surface area is 141 Å². The number of hydrogen-bond acceptors (Lipinski definition) is 3. The zero-order chi connectivity index (χ0) is 16.8. The summed E-state index contributed by atoms with van der Waals surface area (Å²) in [7, 11) is 1.66. The molecule has 4 heteroatoms. The highest BCUT2D eigenvalue weighted by molar-refractivity contribution is 5.69. The van der Waals surface area contributed by atoms with E-state index >= 15 is 0 Å². The number of hydrogen-bond donors (Lipinski definition) is 1. The maximum absolute atomic E-state index is 5.44. The second kappa shape index (κ2) is 7.51. The summed E-state index contributed by atoms with van der Waals surface area (Å²) in [6.07, 6.45) is 5.88. The van der Waals surface area contributed by atoms with Crippen molar-refractivity contribution in [1.82, 2.24) is 9.97 Å². The standard InChI is InChI=1S/C20H20N2O2/c1-3-24-18-9-4-15(5-10-18)6-13-20-21-14-19(22-20)16-7-11-17(23-2)12-8-16/h4-14H,3H2,1-2H3,(H,21,22). The normalized spacial score (nSPS) is 10.9. The number of nitrogens with zero attached hydrogens (tertiary/aromatic N) is 1. The molecular weight excluding hydrogens is 300 g/mol. The van der Waals surface area contributed by atoms with Crippen LogP contribution in [0.1, 0.15) is 18.3 Å². The molecule has 0 spiro atoms. The van der Waals surface area contributed by atoms with Crippen LogP contribution in [0.25, 0.3) is 23.4 Å². The van der Waals surface area contributed by atoms with E-state index in [1.807, 2.05) is 73.8 Å². The Bertz CT molecular complexity index is 802. The minimum atomic E-state index is 0.676. The van der Waals surface area contributed by atoms with Gasteiger partial charge in [0.05, 0.1) is 19.4 Å². The van der Waals surface area contributed by atoms with E-state index in [4.69, 9.17) is 9.47 Å². The molecule has 122 valence electrons. The zero-order valence-corrected chi connectivity index (χ0v) is 13.8. The third kappa shape index (κ3) is 3.84. The molecule has 0 atom stereocenters.